The number of H-pyrrole nitrogens is 1. The fourth-order valence-corrected chi connectivity index (χ4v) is 2.54. The largest absolute Gasteiger partial charge is 0.377 e. The van der Waals surface area contributed by atoms with Gasteiger partial charge in [-0.05, 0) is 26.0 Å². The third kappa shape index (κ3) is 1.67. The van der Waals surface area contributed by atoms with E-state index >= 15 is 0 Å². The van der Waals surface area contributed by atoms with E-state index in [1.54, 1.807) is 0 Å². The van der Waals surface area contributed by atoms with Crippen molar-refractivity contribution < 1.29 is 4.74 Å². The first kappa shape index (κ1) is 10.5. The Hall–Kier alpha value is -1.62. The second-order valence-electron chi connectivity index (χ2n) is 4.61. The first-order chi connectivity index (χ1) is 8.27. The highest BCUT2D eigenvalue weighted by Crippen LogP contribution is 2.28. The van der Waals surface area contributed by atoms with Gasteiger partial charge in [-0.15, -0.1) is 0 Å². The van der Waals surface area contributed by atoms with E-state index in [0.717, 1.165) is 29.9 Å². The summed E-state index contributed by atoms with van der Waals surface area (Å²) in [6.07, 6.45) is 0. The van der Waals surface area contributed by atoms with E-state index in [-0.39, 0.29) is 0 Å². The molecule has 5 heteroatoms. The topological polar surface area (TPSA) is 54.0 Å². The molecule has 0 aliphatic carbocycles. The molecule has 17 heavy (non-hydrogen) atoms. The van der Waals surface area contributed by atoms with Gasteiger partial charge in [-0.1, -0.05) is 6.07 Å². The van der Waals surface area contributed by atoms with Gasteiger partial charge >= 0.3 is 0 Å². The number of hydrogen-bond acceptors (Lipinski definition) is 4. The molecule has 1 saturated heterocycles. The van der Waals surface area contributed by atoms with Gasteiger partial charge in [0.05, 0.1) is 31.0 Å². The highest BCUT2D eigenvalue weighted by molar-refractivity contribution is 5.88. The van der Waals surface area contributed by atoms with Crippen LogP contribution in [0.2, 0.25) is 0 Å². The molecule has 0 spiro atoms. The number of ether oxygens (including phenoxy) is 1. The lowest BCUT2D eigenvalue weighted by molar-refractivity contribution is 0.0758. The van der Waals surface area contributed by atoms with Gasteiger partial charge < -0.3 is 9.64 Å². The third-order valence-corrected chi connectivity index (χ3v) is 3.27. The quantitative estimate of drug-likeness (QED) is 0.811. The van der Waals surface area contributed by atoms with Gasteiger partial charge in [-0.3, -0.25) is 0 Å². The maximum absolute atomic E-state index is 5.55. The Kier molecular flexibility index (Phi) is 2.48. The minimum atomic E-state index is 0.362. The number of nitrogens with one attached hydrogen (secondary N) is 1. The molecule has 2 heterocycles. The maximum atomic E-state index is 5.55. The van der Waals surface area contributed by atoms with Crippen LogP contribution in [0.1, 0.15) is 13.8 Å². The van der Waals surface area contributed by atoms with Crippen molar-refractivity contribution in [3.63, 3.8) is 0 Å². The molecule has 1 aliphatic rings. The standard InChI is InChI=1S/C12H16N4O/c1-8-6-17-7-9(2)16(8)11-5-3-4-10-12(11)14-15-13-10/h3-5,8-9H,6-7H2,1-2H3,(H,13,14,15). The van der Waals surface area contributed by atoms with Crippen LogP contribution in [0.3, 0.4) is 0 Å². The lowest BCUT2D eigenvalue weighted by Crippen LogP contribution is -2.49. The van der Waals surface area contributed by atoms with Crippen molar-refractivity contribution in [2.45, 2.75) is 25.9 Å². The van der Waals surface area contributed by atoms with Crippen molar-refractivity contribution >= 4 is 16.7 Å². The molecule has 3 rings (SSSR count). The molecule has 1 N–H and O–H groups in total. The molecular weight excluding hydrogens is 216 g/mol. The van der Waals surface area contributed by atoms with Crippen LogP contribution in [0.5, 0.6) is 0 Å². The number of fused-ring (bicyclic) bond motifs is 1. The molecule has 0 saturated carbocycles. The monoisotopic (exact) mass is 232 g/mol. The summed E-state index contributed by atoms with van der Waals surface area (Å²) >= 11 is 0. The summed E-state index contributed by atoms with van der Waals surface area (Å²) < 4.78 is 5.55. The number of nitrogens with zero attached hydrogens (tertiary/aromatic N) is 3. The summed E-state index contributed by atoms with van der Waals surface area (Å²) in [6, 6.07) is 6.82. The van der Waals surface area contributed by atoms with Crippen molar-refractivity contribution in [2.24, 2.45) is 0 Å². The number of benzene rings is 1. The Bertz CT molecular complexity index is 514. The van der Waals surface area contributed by atoms with E-state index in [0.29, 0.717) is 12.1 Å². The minimum Gasteiger partial charge on any atom is -0.377 e. The molecule has 0 bridgehead atoms. The molecule has 90 valence electrons. The Morgan fingerprint density at radius 2 is 2.00 bits per heavy atom. The van der Waals surface area contributed by atoms with Gasteiger partial charge in [-0.25, -0.2) is 0 Å². The summed E-state index contributed by atoms with van der Waals surface area (Å²) in [7, 11) is 0. The van der Waals surface area contributed by atoms with Gasteiger partial charge in [0.1, 0.15) is 11.0 Å². The third-order valence-electron chi connectivity index (χ3n) is 3.27. The molecule has 5 nitrogen and oxygen atoms in total. The number of morpholine rings is 1. The van der Waals surface area contributed by atoms with E-state index < -0.39 is 0 Å². The normalized spacial score (nSPS) is 25.4. The molecule has 0 radical (unpaired) electrons. The van der Waals surface area contributed by atoms with Crippen LogP contribution in [0.15, 0.2) is 18.2 Å². The fraction of sp³-hybridized carbons (Fsp3) is 0.500. The van der Waals surface area contributed by atoms with E-state index in [2.05, 4.69) is 40.2 Å². The molecule has 2 aromatic rings. The Balaban J connectivity index is 2.10. The molecular formula is C12H16N4O. The van der Waals surface area contributed by atoms with Crippen LogP contribution >= 0.6 is 0 Å². The van der Waals surface area contributed by atoms with Crippen molar-refractivity contribution in [1.82, 2.24) is 15.4 Å². The van der Waals surface area contributed by atoms with Gasteiger partial charge in [0, 0.05) is 0 Å². The Morgan fingerprint density at radius 3 is 2.76 bits per heavy atom. The predicted octanol–water partition coefficient (Wildman–Crippen LogP) is 1.57. The molecule has 2 atom stereocenters. The van der Waals surface area contributed by atoms with Crippen LogP contribution < -0.4 is 4.90 Å². The van der Waals surface area contributed by atoms with Crippen LogP contribution in [0.25, 0.3) is 11.0 Å². The number of aromatic nitrogens is 3. The second kappa shape index (κ2) is 4.00. The zero-order valence-corrected chi connectivity index (χ0v) is 10.1. The van der Waals surface area contributed by atoms with E-state index in [1.807, 2.05) is 12.1 Å². The molecule has 1 aliphatic heterocycles. The fourth-order valence-electron chi connectivity index (χ4n) is 2.54. The summed E-state index contributed by atoms with van der Waals surface area (Å²) in [6.45, 7) is 5.88. The van der Waals surface area contributed by atoms with Gasteiger partial charge in [-0.2, -0.15) is 15.4 Å². The number of hydrogen-bond donors (Lipinski definition) is 1. The smallest absolute Gasteiger partial charge is 0.136 e. The van der Waals surface area contributed by atoms with Crippen molar-refractivity contribution in [1.29, 1.82) is 0 Å². The summed E-state index contributed by atoms with van der Waals surface area (Å²) in [5, 5.41) is 11.1. The average molecular weight is 232 g/mol. The predicted molar refractivity (Wildman–Crippen MR) is 66.1 cm³/mol. The lowest BCUT2D eigenvalue weighted by Gasteiger charge is -2.40. The highest BCUT2D eigenvalue weighted by Gasteiger charge is 2.27. The van der Waals surface area contributed by atoms with E-state index in [4.69, 9.17) is 4.74 Å². The number of rotatable bonds is 1. The molecule has 0 amide bonds. The molecule has 1 fully saturated rings. The summed E-state index contributed by atoms with van der Waals surface area (Å²) in [5.41, 5.74) is 2.99. The Morgan fingerprint density at radius 1 is 1.24 bits per heavy atom. The van der Waals surface area contributed by atoms with Crippen LogP contribution in [0, 0.1) is 0 Å². The zero-order valence-electron chi connectivity index (χ0n) is 10.1. The zero-order chi connectivity index (χ0) is 11.8. The second-order valence-corrected chi connectivity index (χ2v) is 4.61. The van der Waals surface area contributed by atoms with Crippen LogP contribution in [0.4, 0.5) is 5.69 Å². The molecule has 1 aromatic carbocycles. The van der Waals surface area contributed by atoms with Gasteiger partial charge in [0.15, 0.2) is 0 Å². The first-order valence-electron chi connectivity index (χ1n) is 5.93. The maximum Gasteiger partial charge on any atom is 0.136 e. The summed E-state index contributed by atoms with van der Waals surface area (Å²) in [5.74, 6) is 0. The number of anilines is 1. The van der Waals surface area contributed by atoms with Gasteiger partial charge in [0.25, 0.3) is 0 Å². The van der Waals surface area contributed by atoms with Crippen LogP contribution in [-0.2, 0) is 4.74 Å². The summed E-state index contributed by atoms with van der Waals surface area (Å²) in [4.78, 5) is 2.37. The Labute approximate surface area is 99.8 Å². The average Bonchev–Trinajstić information content (AvgIpc) is 2.77. The first-order valence-corrected chi connectivity index (χ1v) is 5.93. The SMILES string of the molecule is CC1COCC(C)N1c1cccc2n[nH]nc12. The minimum absolute atomic E-state index is 0.362. The highest BCUT2D eigenvalue weighted by atomic mass is 16.5. The number of aromatic amines is 1. The van der Waals surface area contributed by atoms with Crippen molar-refractivity contribution in [2.75, 3.05) is 18.1 Å². The van der Waals surface area contributed by atoms with Gasteiger partial charge in [0.2, 0.25) is 0 Å². The molecule has 2 unspecified atom stereocenters. The van der Waals surface area contributed by atoms with E-state index in [9.17, 15) is 0 Å². The van der Waals surface area contributed by atoms with Crippen molar-refractivity contribution in [3.05, 3.63) is 18.2 Å². The number of para-hydroxylation sites is 1. The molecule has 1 aromatic heterocycles. The van der Waals surface area contributed by atoms with E-state index in [1.165, 1.54) is 0 Å². The van der Waals surface area contributed by atoms with Crippen LogP contribution in [-0.4, -0.2) is 40.7 Å². The van der Waals surface area contributed by atoms with Crippen molar-refractivity contribution in [3.8, 4) is 0 Å². The lowest BCUT2D eigenvalue weighted by atomic mass is 10.1.